The highest BCUT2D eigenvalue weighted by Crippen LogP contribution is 2.42. The molecule has 2 aromatic heterocycles. The highest BCUT2D eigenvalue weighted by atomic mass is 19.3. The number of halogens is 2. The molecule has 0 spiro atoms. The Bertz CT molecular complexity index is 1500. The number of alkyl halides is 2. The van der Waals surface area contributed by atoms with Crippen LogP contribution in [-0.4, -0.2) is 38.7 Å². The number of hydrogen-bond acceptors (Lipinski definition) is 3. The fourth-order valence-corrected chi connectivity index (χ4v) is 4.98. The zero-order valence-electron chi connectivity index (χ0n) is 20.9. The standard InChI is InChI=1S/C28H29F2N5O/c1-17(2)34(5)28(36)24-16-32(3)25-9-8-20(12-22(24)25)35-10-6-7-18-11-21(19-14-31-33(4)15-19)23(27(29)30)13-26(18)35/h8-9,11-16,27H,1,6-7,10H2,2-5H3. The van der Waals surface area contributed by atoms with Gasteiger partial charge < -0.3 is 14.4 Å². The Hall–Kier alpha value is -3.94. The number of aromatic nitrogens is 3. The molecule has 36 heavy (non-hydrogen) atoms. The third-order valence-corrected chi connectivity index (χ3v) is 7.01. The number of fused-ring (bicyclic) bond motifs is 2. The van der Waals surface area contributed by atoms with Crippen LogP contribution >= 0.6 is 0 Å². The van der Waals surface area contributed by atoms with E-state index >= 15 is 0 Å². The van der Waals surface area contributed by atoms with E-state index < -0.39 is 6.43 Å². The maximum absolute atomic E-state index is 14.2. The van der Waals surface area contributed by atoms with E-state index in [9.17, 15) is 13.6 Å². The van der Waals surface area contributed by atoms with Gasteiger partial charge >= 0.3 is 0 Å². The highest BCUT2D eigenvalue weighted by Gasteiger charge is 2.26. The minimum absolute atomic E-state index is 0.00612. The predicted octanol–water partition coefficient (Wildman–Crippen LogP) is 6.21. The topological polar surface area (TPSA) is 46.3 Å². The third kappa shape index (κ3) is 3.96. The smallest absolute Gasteiger partial charge is 0.264 e. The highest BCUT2D eigenvalue weighted by molar-refractivity contribution is 6.08. The first-order chi connectivity index (χ1) is 17.2. The van der Waals surface area contributed by atoms with E-state index in [-0.39, 0.29) is 11.5 Å². The van der Waals surface area contributed by atoms with Gasteiger partial charge in [-0.3, -0.25) is 9.48 Å². The lowest BCUT2D eigenvalue weighted by Gasteiger charge is -2.32. The van der Waals surface area contributed by atoms with E-state index in [1.807, 2.05) is 42.1 Å². The van der Waals surface area contributed by atoms with Crippen molar-refractivity contribution in [2.45, 2.75) is 26.2 Å². The van der Waals surface area contributed by atoms with Crippen LogP contribution in [0, 0.1) is 0 Å². The second kappa shape index (κ2) is 8.93. The monoisotopic (exact) mass is 489 g/mol. The van der Waals surface area contributed by atoms with Crippen molar-refractivity contribution < 1.29 is 13.6 Å². The van der Waals surface area contributed by atoms with Crippen LogP contribution in [0.5, 0.6) is 0 Å². The molecule has 5 rings (SSSR count). The van der Waals surface area contributed by atoms with E-state index in [4.69, 9.17) is 0 Å². The molecular formula is C28H29F2N5O. The summed E-state index contributed by atoms with van der Waals surface area (Å²) in [5.74, 6) is -0.134. The fraction of sp³-hybridized carbons (Fsp3) is 0.286. The van der Waals surface area contributed by atoms with Gasteiger partial charge in [-0.1, -0.05) is 6.58 Å². The minimum atomic E-state index is -2.62. The van der Waals surface area contributed by atoms with Crippen LogP contribution in [0.2, 0.25) is 0 Å². The SMILES string of the molecule is C=C(C)N(C)C(=O)c1cn(C)c2ccc(N3CCCc4cc(-c5cnn(C)c5)c(C(F)F)cc43)cc12. The van der Waals surface area contributed by atoms with Crippen LogP contribution < -0.4 is 4.90 Å². The molecule has 0 saturated heterocycles. The normalized spacial score (nSPS) is 13.4. The van der Waals surface area contributed by atoms with E-state index in [1.165, 1.54) is 4.90 Å². The zero-order valence-corrected chi connectivity index (χ0v) is 20.9. The summed E-state index contributed by atoms with van der Waals surface area (Å²) in [6.07, 6.45) is 4.30. The summed E-state index contributed by atoms with van der Waals surface area (Å²) in [6, 6.07) is 9.47. The van der Waals surface area contributed by atoms with Crippen LogP contribution in [0.4, 0.5) is 20.2 Å². The Labute approximate surface area is 209 Å². The van der Waals surface area contributed by atoms with Crippen LogP contribution in [0.25, 0.3) is 22.0 Å². The lowest BCUT2D eigenvalue weighted by atomic mass is 9.92. The van der Waals surface area contributed by atoms with E-state index in [2.05, 4.69) is 16.6 Å². The molecule has 3 heterocycles. The van der Waals surface area contributed by atoms with Crippen LogP contribution in [-0.2, 0) is 20.5 Å². The van der Waals surface area contributed by atoms with Gasteiger partial charge in [0, 0.05) is 79.2 Å². The van der Waals surface area contributed by atoms with Gasteiger partial charge in [-0.05, 0) is 61.2 Å². The average molecular weight is 490 g/mol. The predicted molar refractivity (Wildman–Crippen MR) is 139 cm³/mol. The largest absolute Gasteiger partial charge is 0.350 e. The molecular weight excluding hydrogens is 460 g/mol. The van der Waals surface area contributed by atoms with Crippen molar-refractivity contribution in [3.05, 3.63) is 77.9 Å². The summed E-state index contributed by atoms with van der Waals surface area (Å²) in [4.78, 5) is 16.8. The summed E-state index contributed by atoms with van der Waals surface area (Å²) in [7, 11) is 5.39. The molecule has 0 bridgehead atoms. The number of rotatable bonds is 5. The van der Waals surface area contributed by atoms with E-state index in [0.717, 1.165) is 40.7 Å². The molecule has 1 aliphatic rings. The second-order valence-corrected chi connectivity index (χ2v) is 9.48. The molecule has 0 unspecified atom stereocenters. The number of carbonyl (C=O) groups is 1. The molecule has 0 fully saturated rings. The summed E-state index contributed by atoms with van der Waals surface area (Å²) in [5, 5.41) is 4.99. The molecule has 0 aliphatic carbocycles. The van der Waals surface area contributed by atoms with Crippen molar-refractivity contribution in [1.29, 1.82) is 0 Å². The molecule has 4 aromatic rings. The molecule has 8 heteroatoms. The van der Waals surface area contributed by atoms with Gasteiger partial charge in [-0.2, -0.15) is 5.10 Å². The van der Waals surface area contributed by atoms with Crippen molar-refractivity contribution in [2.75, 3.05) is 18.5 Å². The maximum Gasteiger partial charge on any atom is 0.264 e. The number of benzene rings is 2. The number of amides is 1. The molecule has 1 amide bonds. The van der Waals surface area contributed by atoms with Crippen molar-refractivity contribution >= 4 is 28.2 Å². The zero-order chi connectivity index (χ0) is 25.7. The molecule has 0 radical (unpaired) electrons. The van der Waals surface area contributed by atoms with Crippen molar-refractivity contribution in [3.8, 4) is 11.1 Å². The quantitative estimate of drug-likeness (QED) is 0.335. The van der Waals surface area contributed by atoms with E-state index in [0.29, 0.717) is 28.9 Å². The summed E-state index contributed by atoms with van der Waals surface area (Å²) in [5.41, 5.74) is 6.04. The minimum Gasteiger partial charge on any atom is -0.350 e. The molecule has 0 atom stereocenters. The lowest BCUT2D eigenvalue weighted by molar-refractivity contribution is 0.0839. The summed E-state index contributed by atoms with van der Waals surface area (Å²) >= 11 is 0. The Balaban J connectivity index is 1.62. The maximum atomic E-state index is 14.2. The number of carbonyl (C=O) groups excluding carboxylic acids is 1. The Morgan fingerprint density at radius 2 is 1.94 bits per heavy atom. The first kappa shape index (κ1) is 23.8. The van der Waals surface area contributed by atoms with Gasteiger partial charge in [0.2, 0.25) is 0 Å². The van der Waals surface area contributed by atoms with Gasteiger partial charge in [-0.25, -0.2) is 8.78 Å². The van der Waals surface area contributed by atoms with Gasteiger partial charge in [0.1, 0.15) is 0 Å². The number of anilines is 2. The Morgan fingerprint density at radius 1 is 1.17 bits per heavy atom. The molecule has 1 aliphatic heterocycles. The molecule has 0 saturated carbocycles. The first-order valence-corrected chi connectivity index (χ1v) is 11.9. The Kier molecular flexibility index (Phi) is 5.90. The number of hydrogen-bond donors (Lipinski definition) is 0. The van der Waals surface area contributed by atoms with Gasteiger partial charge in [0.25, 0.3) is 12.3 Å². The van der Waals surface area contributed by atoms with Gasteiger partial charge in [0.05, 0.1) is 11.8 Å². The van der Waals surface area contributed by atoms with Crippen LogP contribution in [0.15, 0.2) is 61.2 Å². The van der Waals surface area contributed by atoms with Crippen LogP contribution in [0.3, 0.4) is 0 Å². The lowest BCUT2D eigenvalue weighted by Crippen LogP contribution is -2.25. The van der Waals surface area contributed by atoms with Crippen molar-refractivity contribution in [2.24, 2.45) is 14.1 Å². The van der Waals surface area contributed by atoms with Gasteiger partial charge in [0.15, 0.2) is 0 Å². The fourth-order valence-electron chi connectivity index (χ4n) is 4.98. The number of allylic oxidation sites excluding steroid dienone is 1. The second-order valence-electron chi connectivity index (χ2n) is 9.48. The molecule has 6 nitrogen and oxygen atoms in total. The Morgan fingerprint density at radius 3 is 2.61 bits per heavy atom. The number of nitrogens with zero attached hydrogens (tertiary/aromatic N) is 5. The van der Waals surface area contributed by atoms with Crippen LogP contribution in [0.1, 0.15) is 41.3 Å². The van der Waals surface area contributed by atoms with Gasteiger partial charge in [-0.15, -0.1) is 0 Å². The number of aryl methyl sites for hydroxylation is 3. The van der Waals surface area contributed by atoms with Crippen molar-refractivity contribution in [3.63, 3.8) is 0 Å². The molecule has 2 aromatic carbocycles. The third-order valence-electron chi connectivity index (χ3n) is 7.01. The molecule has 0 N–H and O–H groups in total. The average Bonchev–Trinajstić information content (AvgIpc) is 3.44. The summed E-state index contributed by atoms with van der Waals surface area (Å²) < 4.78 is 32.0. The molecule has 186 valence electrons. The van der Waals surface area contributed by atoms with E-state index in [1.54, 1.807) is 44.2 Å². The summed E-state index contributed by atoms with van der Waals surface area (Å²) in [6.45, 7) is 6.38. The first-order valence-electron chi connectivity index (χ1n) is 11.9. The van der Waals surface area contributed by atoms with Crippen molar-refractivity contribution in [1.82, 2.24) is 19.2 Å².